The van der Waals surface area contributed by atoms with Crippen LogP contribution in [0.2, 0.25) is 0 Å². The monoisotopic (exact) mass is 131 g/mol. The summed E-state index contributed by atoms with van der Waals surface area (Å²) in [6.45, 7) is 0.754. The Kier molecular flexibility index (Phi) is 2.02. The first-order valence-electron chi connectivity index (χ1n) is 2.80. The minimum absolute atomic E-state index is 0.0435. The molecule has 52 valence electrons. The van der Waals surface area contributed by atoms with Gasteiger partial charge < -0.3 is 15.2 Å². The molecular weight excluding hydrogens is 122 g/mol. The molecule has 2 N–H and O–H groups in total. The van der Waals surface area contributed by atoms with E-state index >= 15 is 0 Å². The van der Waals surface area contributed by atoms with Crippen LogP contribution in [0.15, 0.2) is 0 Å². The van der Waals surface area contributed by atoms with Crippen LogP contribution >= 0.6 is 0 Å². The first-order chi connectivity index (χ1) is 4.33. The maximum Gasteiger partial charge on any atom is 0.332 e. The molecule has 0 aromatic carbocycles. The summed E-state index contributed by atoms with van der Waals surface area (Å²) in [7, 11) is 0. The zero-order chi connectivity index (χ0) is 6.69. The topological polar surface area (TPSA) is 61.5 Å². The van der Waals surface area contributed by atoms with E-state index in [-0.39, 0.29) is 18.7 Å². The molecule has 4 nitrogen and oxygen atoms in total. The van der Waals surface area contributed by atoms with E-state index in [2.05, 4.69) is 4.74 Å². The Morgan fingerprint density at radius 2 is 2.56 bits per heavy atom. The molecule has 1 atom stereocenters. The molecule has 0 aliphatic carbocycles. The third-order valence-corrected chi connectivity index (χ3v) is 1.13. The van der Waals surface area contributed by atoms with Crippen LogP contribution in [0, 0.1) is 0 Å². The molecule has 0 aromatic rings. The summed E-state index contributed by atoms with van der Waals surface area (Å²) in [6.07, 6.45) is -0.0947. The zero-order valence-corrected chi connectivity index (χ0v) is 5.00. The summed E-state index contributed by atoms with van der Waals surface area (Å²) >= 11 is 0. The van der Waals surface area contributed by atoms with Crippen LogP contribution in [0.1, 0.15) is 0 Å². The van der Waals surface area contributed by atoms with Crippen LogP contribution in [-0.4, -0.2) is 31.8 Å². The molecule has 0 aromatic heterocycles. The van der Waals surface area contributed by atoms with Crippen LogP contribution in [0.25, 0.3) is 0 Å². The van der Waals surface area contributed by atoms with Gasteiger partial charge in [0.25, 0.3) is 0 Å². The molecule has 0 spiro atoms. The van der Waals surface area contributed by atoms with Crippen molar-refractivity contribution in [2.75, 3.05) is 19.8 Å². The van der Waals surface area contributed by atoms with E-state index in [4.69, 9.17) is 10.5 Å². The Balaban J connectivity index is 2.26. The summed E-state index contributed by atoms with van der Waals surface area (Å²) in [6, 6.07) is 0. The van der Waals surface area contributed by atoms with Gasteiger partial charge in [-0.15, -0.1) is 0 Å². The van der Waals surface area contributed by atoms with Crippen LogP contribution < -0.4 is 5.73 Å². The third kappa shape index (κ3) is 1.65. The standard InChI is InChI=1S/C5H9NO3/c6-1-4-2-9-5(7)3-8-4/h4H,1-3,6H2. The Bertz CT molecular complexity index is 105. The fourth-order valence-corrected chi connectivity index (χ4v) is 0.598. The van der Waals surface area contributed by atoms with Crippen LogP contribution in [-0.2, 0) is 14.3 Å². The van der Waals surface area contributed by atoms with Gasteiger partial charge in [0, 0.05) is 6.54 Å². The highest BCUT2D eigenvalue weighted by Crippen LogP contribution is 1.98. The minimum Gasteiger partial charge on any atom is -0.461 e. The number of nitrogens with two attached hydrogens (primary N) is 1. The summed E-state index contributed by atoms with van der Waals surface area (Å²) in [5.41, 5.74) is 5.23. The number of cyclic esters (lactones) is 1. The number of rotatable bonds is 1. The predicted molar refractivity (Wildman–Crippen MR) is 29.8 cm³/mol. The summed E-state index contributed by atoms with van der Waals surface area (Å²) < 4.78 is 9.58. The van der Waals surface area contributed by atoms with Gasteiger partial charge in [-0.3, -0.25) is 0 Å². The van der Waals surface area contributed by atoms with Gasteiger partial charge in [-0.25, -0.2) is 4.79 Å². The van der Waals surface area contributed by atoms with Crippen molar-refractivity contribution in [2.24, 2.45) is 5.73 Å². The van der Waals surface area contributed by atoms with E-state index in [0.29, 0.717) is 13.2 Å². The number of hydrogen-bond donors (Lipinski definition) is 1. The van der Waals surface area contributed by atoms with Gasteiger partial charge in [-0.05, 0) is 0 Å². The van der Waals surface area contributed by atoms with Crippen molar-refractivity contribution in [1.82, 2.24) is 0 Å². The number of carbonyl (C=O) groups is 1. The molecule has 1 rings (SSSR count). The van der Waals surface area contributed by atoms with Crippen molar-refractivity contribution >= 4 is 5.97 Å². The fraction of sp³-hybridized carbons (Fsp3) is 0.800. The summed E-state index contributed by atoms with van der Waals surface area (Å²) in [4.78, 5) is 10.3. The van der Waals surface area contributed by atoms with Crippen LogP contribution in [0.3, 0.4) is 0 Å². The smallest absolute Gasteiger partial charge is 0.332 e. The normalized spacial score (nSPS) is 27.7. The minimum atomic E-state index is -0.306. The van der Waals surface area contributed by atoms with Crippen molar-refractivity contribution in [3.63, 3.8) is 0 Å². The van der Waals surface area contributed by atoms with E-state index in [1.807, 2.05) is 0 Å². The highest BCUT2D eigenvalue weighted by atomic mass is 16.6. The second-order valence-corrected chi connectivity index (χ2v) is 1.85. The second kappa shape index (κ2) is 2.80. The van der Waals surface area contributed by atoms with Crippen molar-refractivity contribution in [3.05, 3.63) is 0 Å². The fourth-order valence-electron chi connectivity index (χ4n) is 0.598. The number of hydrogen-bond acceptors (Lipinski definition) is 4. The first kappa shape index (κ1) is 6.51. The zero-order valence-electron chi connectivity index (χ0n) is 5.00. The summed E-state index contributed by atoms with van der Waals surface area (Å²) in [5.74, 6) is -0.306. The Morgan fingerprint density at radius 1 is 1.78 bits per heavy atom. The van der Waals surface area contributed by atoms with E-state index in [1.165, 1.54) is 0 Å². The molecule has 1 aliphatic rings. The first-order valence-corrected chi connectivity index (χ1v) is 2.80. The second-order valence-electron chi connectivity index (χ2n) is 1.85. The maximum atomic E-state index is 10.3. The highest BCUT2D eigenvalue weighted by molar-refractivity contribution is 5.71. The number of carbonyl (C=O) groups excluding carboxylic acids is 1. The van der Waals surface area contributed by atoms with Gasteiger partial charge in [-0.1, -0.05) is 0 Å². The third-order valence-electron chi connectivity index (χ3n) is 1.13. The molecule has 1 saturated heterocycles. The van der Waals surface area contributed by atoms with E-state index in [0.717, 1.165) is 0 Å². The van der Waals surface area contributed by atoms with Crippen LogP contribution in [0.5, 0.6) is 0 Å². The van der Waals surface area contributed by atoms with Crippen molar-refractivity contribution < 1.29 is 14.3 Å². The van der Waals surface area contributed by atoms with Gasteiger partial charge >= 0.3 is 5.97 Å². The van der Waals surface area contributed by atoms with Crippen molar-refractivity contribution in [3.8, 4) is 0 Å². The molecule has 9 heavy (non-hydrogen) atoms. The molecule has 0 radical (unpaired) electrons. The van der Waals surface area contributed by atoms with E-state index in [1.54, 1.807) is 0 Å². The van der Waals surface area contributed by atoms with Gasteiger partial charge in [0.05, 0.1) is 0 Å². The molecule has 1 fully saturated rings. The molecule has 0 saturated carbocycles. The Labute approximate surface area is 52.9 Å². The maximum absolute atomic E-state index is 10.3. The lowest BCUT2D eigenvalue weighted by Crippen LogP contribution is -2.37. The van der Waals surface area contributed by atoms with Gasteiger partial charge in [0.2, 0.25) is 0 Å². The Hall–Kier alpha value is -0.610. The van der Waals surface area contributed by atoms with Gasteiger partial charge in [0.1, 0.15) is 19.3 Å². The lowest BCUT2D eigenvalue weighted by atomic mass is 10.3. The van der Waals surface area contributed by atoms with Crippen molar-refractivity contribution in [2.45, 2.75) is 6.10 Å². The Morgan fingerprint density at radius 3 is 3.00 bits per heavy atom. The highest BCUT2D eigenvalue weighted by Gasteiger charge is 2.17. The van der Waals surface area contributed by atoms with Gasteiger partial charge in [-0.2, -0.15) is 0 Å². The molecule has 1 unspecified atom stereocenters. The van der Waals surface area contributed by atoms with E-state index < -0.39 is 0 Å². The molecular formula is C5H9NO3. The summed E-state index contributed by atoms with van der Waals surface area (Å²) in [5, 5.41) is 0. The SMILES string of the molecule is NCC1COC(=O)CO1. The predicted octanol–water partition coefficient (Wildman–Crippen LogP) is -1.11. The van der Waals surface area contributed by atoms with Crippen molar-refractivity contribution in [1.29, 1.82) is 0 Å². The van der Waals surface area contributed by atoms with Gasteiger partial charge in [0.15, 0.2) is 0 Å². The molecule has 1 aliphatic heterocycles. The molecule has 0 bridgehead atoms. The number of esters is 1. The molecule has 1 heterocycles. The largest absolute Gasteiger partial charge is 0.461 e. The quantitative estimate of drug-likeness (QED) is 0.458. The molecule has 4 heteroatoms. The lowest BCUT2D eigenvalue weighted by molar-refractivity contribution is -0.167. The van der Waals surface area contributed by atoms with E-state index in [9.17, 15) is 4.79 Å². The molecule has 0 amide bonds. The average Bonchev–Trinajstić information content (AvgIpc) is 1.90. The average molecular weight is 131 g/mol. The van der Waals surface area contributed by atoms with Crippen LogP contribution in [0.4, 0.5) is 0 Å². The lowest BCUT2D eigenvalue weighted by Gasteiger charge is -2.20. The number of ether oxygens (including phenoxy) is 2.